The molecule has 0 aliphatic carbocycles. The Kier molecular flexibility index (Phi) is 8.74. The number of ether oxygens (including phenoxy) is 1. The molecule has 0 aliphatic rings. The molecule has 0 amide bonds. The average Bonchev–Trinajstić information content (AvgIpc) is 2.14. The largest absolute Gasteiger partial charge is 0.394 e. The molecule has 6 heteroatoms. The summed E-state index contributed by atoms with van der Waals surface area (Å²) in [7, 11) is 0. The maximum atomic E-state index is 11.7. The van der Waals surface area contributed by atoms with E-state index in [9.17, 15) is 13.2 Å². The Balaban J connectivity index is 2.99. The van der Waals surface area contributed by atoms with E-state index in [4.69, 9.17) is 9.84 Å². The lowest BCUT2D eigenvalue weighted by molar-refractivity contribution is -0.135. The minimum atomic E-state index is -4.05. The fourth-order valence-electron chi connectivity index (χ4n) is 1.00. The normalized spacial score (nSPS) is 12.0. The molecule has 0 aromatic rings. The van der Waals surface area contributed by atoms with Gasteiger partial charge in [-0.1, -0.05) is 0 Å². The molecular formula is C9H18F3NO2. The fourth-order valence-corrected chi connectivity index (χ4v) is 1.00. The molecule has 2 N–H and O–H groups in total. The standard InChI is InChI=1S/C9H18F3NO2/c10-9(11,12)3-1-4-13-5-2-7-15-8-6-14/h13-14H,1-8H2. The van der Waals surface area contributed by atoms with Crippen LogP contribution in [0.4, 0.5) is 13.2 Å². The first-order chi connectivity index (χ1) is 7.06. The van der Waals surface area contributed by atoms with Gasteiger partial charge in [-0.05, 0) is 25.9 Å². The summed E-state index contributed by atoms with van der Waals surface area (Å²) >= 11 is 0. The van der Waals surface area contributed by atoms with Gasteiger partial charge in [-0.2, -0.15) is 13.2 Å². The van der Waals surface area contributed by atoms with Gasteiger partial charge in [0.15, 0.2) is 0 Å². The topological polar surface area (TPSA) is 41.5 Å². The number of aliphatic hydroxyl groups is 1. The molecule has 0 atom stereocenters. The number of rotatable bonds is 9. The zero-order valence-electron chi connectivity index (χ0n) is 8.65. The van der Waals surface area contributed by atoms with Crippen molar-refractivity contribution in [2.75, 3.05) is 32.9 Å². The lowest BCUT2D eigenvalue weighted by Gasteiger charge is -2.07. The van der Waals surface area contributed by atoms with Gasteiger partial charge in [0.1, 0.15) is 0 Å². The van der Waals surface area contributed by atoms with Crippen molar-refractivity contribution < 1.29 is 23.0 Å². The first-order valence-corrected chi connectivity index (χ1v) is 5.02. The van der Waals surface area contributed by atoms with Gasteiger partial charge < -0.3 is 15.2 Å². The summed E-state index contributed by atoms with van der Waals surface area (Å²) in [6.07, 6.45) is -3.93. The molecular weight excluding hydrogens is 211 g/mol. The summed E-state index contributed by atoms with van der Waals surface area (Å²) in [6.45, 7) is 1.85. The van der Waals surface area contributed by atoms with Crippen molar-refractivity contribution in [1.29, 1.82) is 0 Å². The predicted molar refractivity (Wildman–Crippen MR) is 50.7 cm³/mol. The third-order valence-corrected chi connectivity index (χ3v) is 1.69. The van der Waals surface area contributed by atoms with Crippen molar-refractivity contribution in [3.63, 3.8) is 0 Å². The molecule has 0 bridgehead atoms. The number of hydrogen-bond acceptors (Lipinski definition) is 3. The maximum absolute atomic E-state index is 11.7. The van der Waals surface area contributed by atoms with Gasteiger partial charge >= 0.3 is 6.18 Å². The van der Waals surface area contributed by atoms with Crippen LogP contribution in [0.25, 0.3) is 0 Å². The second-order valence-corrected chi connectivity index (χ2v) is 3.16. The van der Waals surface area contributed by atoms with Crippen LogP contribution in [0.1, 0.15) is 19.3 Å². The number of aliphatic hydroxyl groups excluding tert-OH is 1. The molecule has 15 heavy (non-hydrogen) atoms. The van der Waals surface area contributed by atoms with Gasteiger partial charge in [-0.15, -0.1) is 0 Å². The van der Waals surface area contributed by atoms with Crippen molar-refractivity contribution in [2.24, 2.45) is 0 Å². The zero-order valence-corrected chi connectivity index (χ0v) is 8.65. The Morgan fingerprint density at radius 3 is 2.33 bits per heavy atom. The minimum Gasteiger partial charge on any atom is -0.394 e. The highest BCUT2D eigenvalue weighted by Gasteiger charge is 2.25. The monoisotopic (exact) mass is 229 g/mol. The number of alkyl halides is 3. The van der Waals surface area contributed by atoms with E-state index in [0.717, 1.165) is 6.42 Å². The van der Waals surface area contributed by atoms with Crippen LogP contribution in [0, 0.1) is 0 Å². The van der Waals surface area contributed by atoms with Crippen molar-refractivity contribution in [2.45, 2.75) is 25.4 Å². The van der Waals surface area contributed by atoms with Gasteiger partial charge in [0.25, 0.3) is 0 Å². The van der Waals surface area contributed by atoms with E-state index in [1.807, 2.05) is 0 Å². The van der Waals surface area contributed by atoms with E-state index >= 15 is 0 Å². The van der Waals surface area contributed by atoms with Crippen LogP contribution >= 0.6 is 0 Å². The van der Waals surface area contributed by atoms with E-state index in [-0.39, 0.29) is 13.0 Å². The van der Waals surface area contributed by atoms with Gasteiger partial charge in [-0.25, -0.2) is 0 Å². The second kappa shape index (κ2) is 8.94. The van der Waals surface area contributed by atoms with Crippen molar-refractivity contribution in [3.05, 3.63) is 0 Å². The number of halogens is 3. The predicted octanol–water partition coefficient (Wildman–Crippen LogP) is 1.32. The molecule has 0 heterocycles. The molecule has 0 unspecified atom stereocenters. The van der Waals surface area contributed by atoms with E-state index in [0.29, 0.717) is 26.3 Å². The van der Waals surface area contributed by atoms with Gasteiger partial charge in [0.05, 0.1) is 13.2 Å². The molecule has 0 saturated carbocycles. The lowest BCUT2D eigenvalue weighted by atomic mass is 10.3. The van der Waals surface area contributed by atoms with E-state index in [1.165, 1.54) is 0 Å². The molecule has 0 radical (unpaired) electrons. The molecule has 0 rings (SSSR count). The smallest absolute Gasteiger partial charge is 0.389 e. The van der Waals surface area contributed by atoms with Crippen LogP contribution in [0.5, 0.6) is 0 Å². The zero-order chi connectivity index (χ0) is 11.6. The molecule has 0 spiro atoms. The summed E-state index contributed by atoms with van der Waals surface area (Å²) in [4.78, 5) is 0. The molecule has 3 nitrogen and oxygen atoms in total. The van der Waals surface area contributed by atoms with Crippen LogP contribution in [0.3, 0.4) is 0 Å². The van der Waals surface area contributed by atoms with Crippen LogP contribution in [-0.2, 0) is 4.74 Å². The first-order valence-electron chi connectivity index (χ1n) is 5.02. The fraction of sp³-hybridized carbons (Fsp3) is 1.00. The summed E-state index contributed by atoms with van der Waals surface area (Å²) in [6, 6.07) is 0. The molecule has 0 aromatic heterocycles. The van der Waals surface area contributed by atoms with Crippen LogP contribution in [0.2, 0.25) is 0 Å². The van der Waals surface area contributed by atoms with Crippen LogP contribution < -0.4 is 5.32 Å². The van der Waals surface area contributed by atoms with Crippen molar-refractivity contribution >= 4 is 0 Å². The number of hydrogen-bond donors (Lipinski definition) is 2. The van der Waals surface area contributed by atoms with E-state index < -0.39 is 12.6 Å². The van der Waals surface area contributed by atoms with Crippen LogP contribution in [0.15, 0.2) is 0 Å². The third-order valence-electron chi connectivity index (χ3n) is 1.69. The Morgan fingerprint density at radius 2 is 1.73 bits per heavy atom. The lowest BCUT2D eigenvalue weighted by Crippen LogP contribution is -2.20. The quantitative estimate of drug-likeness (QED) is 0.586. The van der Waals surface area contributed by atoms with E-state index in [2.05, 4.69) is 5.32 Å². The molecule has 0 aromatic carbocycles. The summed E-state index contributed by atoms with van der Waals surface area (Å²) in [5.41, 5.74) is 0. The Morgan fingerprint density at radius 1 is 1.07 bits per heavy atom. The molecule has 0 fully saturated rings. The van der Waals surface area contributed by atoms with Crippen molar-refractivity contribution in [1.82, 2.24) is 5.32 Å². The Bertz CT molecular complexity index is 142. The molecule has 0 saturated heterocycles. The van der Waals surface area contributed by atoms with Gasteiger partial charge in [0, 0.05) is 13.0 Å². The Hall–Kier alpha value is -0.330. The molecule has 0 aliphatic heterocycles. The average molecular weight is 229 g/mol. The maximum Gasteiger partial charge on any atom is 0.389 e. The number of nitrogens with one attached hydrogen (secondary N) is 1. The second-order valence-electron chi connectivity index (χ2n) is 3.16. The minimum absolute atomic E-state index is 0.000981. The Labute approximate surface area is 87.6 Å². The highest BCUT2D eigenvalue weighted by Crippen LogP contribution is 2.20. The highest BCUT2D eigenvalue weighted by atomic mass is 19.4. The van der Waals surface area contributed by atoms with E-state index in [1.54, 1.807) is 0 Å². The summed E-state index contributed by atoms with van der Waals surface area (Å²) in [5, 5.41) is 11.3. The van der Waals surface area contributed by atoms with Crippen molar-refractivity contribution in [3.8, 4) is 0 Å². The summed E-state index contributed by atoms with van der Waals surface area (Å²) in [5.74, 6) is 0. The SMILES string of the molecule is OCCOCCCNCCCC(F)(F)F. The summed E-state index contributed by atoms with van der Waals surface area (Å²) < 4.78 is 40.1. The van der Waals surface area contributed by atoms with Gasteiger partial charge in [0.2, 0.25) is 0 Å². The van der Waals surface area contributed by atoms with Crippen LogP contribution in [-0.4, -0.2) is 44.2 Å². The van der Waals surface area contributed by atoms with Gasteiger partial charge in [-0.3, -0.25) is 0 Å². The first kappa shape index (κ1) is 14.7. The highest BCUT2D eigenvalue weighted by molar-refractivity contribution is 4.54. The third kappa shape index (κ3) is 13.7. The molecule has 92 valence electrons.